The molecule has 1 aromatic heterocycles. The maximum absolute atomic E-state index is 12.1. The number of aromatic nitrogens is 2. The van der Waals surface area contributed by atoms with Crippen LogP contribution in [0.15, 0.2) is 16.9 Å². The van der Waals surface area contributed by atoms with Crippen LogP contribution in [0.3, 0.4) is 0 Å². The van der Waals surface area contributed by atoms with Crippen molar-refractivity contribution in [1.29, 1.82) is 0 Å². The first-order valence-electron chi connectivity index (χ1n) is 5.72. The van der Waals surface area contributed by atoms with Gasteiger partial charge in [-0.25, -0.2) is 5.10 Å². The number of piperidine rings is 1. The smallest absolute Gasteiger partial charge is 0.274 e. The van der Waals surface area contributed by atoms with Crippen molar-refractivity contribution in [2.45, 2.75) is 12.8 Å². The normalized spacial score (nSPS) is 16.6. The van der Waals surface area contributed by atoms with E-state index in [1.54, 1.807) is 4.90 Å². The number of rotatable bonds is 2. The van der Waals surface area contributed by atoms with E-state index in [2.05, 4.69) is 10.2 Å². The minimum absolute atomic E-state index is 0.173. The molecular formula is C11H14N4O2S. The van der Waals surface area contributed by atoms with Gasteiger partial charge in [-0.3, -0.25) is 9.59 Å². The van der Waals surface area contributed by atoms with Gasteiger partial charge in [-0.15, -0.1) is 0 Å². The van der Waals surface area contributed by atoms with Gasteiger partial charge in [0.15, 0.2) is 0 Å². The molecule has 1 amide bonds. The highest BCUT2D eigenvalue weighted by Crippen LogP contribution is 2.18. The number of nitrogens with zero attached hydrogens (tertiary/aromatic N) is 2. The Bertz CT molecular complexity index is 500. The van der Waals surface area contributed by atoms with Crippen LogP contribution >= 0.6 is 12.2 Å². The Morgan fingerprint density at radius 3 is 2.61 bits per heavy atom. The van der Waals surface area contributed by atoms with Crippen molar-refractivity contribution >= 4 is 23.1 Å². The van der Waals surface area contributed by atoms with Gasteiger partial charge in [0, 0.05) is 25.1 Å². The van der Waals surface area contributed by atoms with Crippen LogP contribution in [0, 0.1) is 5.92 Å². The Morgan fingerprint density at radius 1 is 1.44 bits per heavy atom. The van der Waals surface area contributed by atoms with E-state index in [1.165, 1.54) is 12.1 Å². The summed E-state index contributed by atoms with van der Waals surface area (Å²) in [5, 5.41) is 5.98. The van der Waals surface area contributed by atoms with Crippen LogP contribution in [0.1, 0.15) is 23.3 Å². The number of H-pyrrole nitrogens is 1. The Morgan fingerprint density at radius 2 is 2.11 bits per heavy atom. The van der Waals surface area contributed by atoms with Crippen LogP contribution in [0.2, 0.25) is 0 Å². The third-order valence-electron chi connectivity index (χ3n) is 3.08. The van der Waals surface area contributed by atoms with Crippen molar-refractivity contribution < 1.29 is 4.79 Å². The summed E-state index contributed by atoms with van der Waals surface area (Å²) in [5.74, 6) is 0.0419. The summed E-state index contributed by atoms with van der Waals surface area (Å²) in [6.07, 6.45) is 1.56. The minimum atomic E-state index is -0.321. The molecule has 0 atom stereocenters. The quantitative estimate of drug-likeness (QED) is 0.730. The second kappa shape index (κ2) is 5.26. The highest BCUT2D eigenvalue weighted by atomic mass is 32.1. The number of carbonyl (C=O) groups is 1. The first kappa shape index (κ1) is 12.7. The molecule has 0 radical (unpaired) electrons. The van der Waals surface area contributed by atoms with E-state index in [4.69, 9.17) is 18.0 Å². The molecule has 96 valence electrons. The molecule has 6 nitrogen and oxygen atoms in total. The van der Waals surface area contributed by atoms with E-state index in [-0.39, 0.29) is 23.1 Å². The predicted molar refractivity (Wildman–Crippen MR) is 70.3 cm³/mol. The molecule has 18 heavy (non-hydrogen) atoms. The van der Waals surface area contributed by atoms with E-state index >= 15 is 0 Å². The van der Waals surface area contributed by atoms with Crippen LogP contribution in [-0.4, -0.2) is 39.1 Å². The number of hydrogen-bond donors (Lipinski definition) is 2. The van der Waals surface area contributed by atoms with Crippen LogP contribution in [0.4, 0.5) is 0 Å². The second-order valence-electron chi connectivity index (χ2n) is 4.28. The molecule has 0 saturated carbocycles. The fourth-order valence-electron chi connectivity index (χ4n) is 1.99. The lowest BCUT2D eigenvalue weighted by atomic mass is 9.97. The zero-order chi connectivity index (χ0) is 13.1. The lowest BCUT2D eigenvalue weighted by molar-refractivity contribution is 0.0703. The largest absolute Gasteiger partial charge is 0.393 e. The molecule has 1 aliphatic heterocycles. The van der Waals surface area contributed by atoms with Crippen molar-refractivity contribution in [1.82, 2.24) is 15.1 Å². The summed E-state index contributed by atoms with van der Waals surface area (Å²) in [7, 11) is 0. The van der Waals surface area contributed by atoms with Gasteiger partial charge >= 0.3 is 0 Å². The number of nitrogens with two attached hydrogens (primary N) is 1. The Balaban J connectivity index is 2.01. The maximum Gasteiger partial charge on any atom is 0.274 e. The Kier molecular flexibility index (Phi) is 3.71. The molecule has 2 rings (SSSR count). The monoisotopic (exact) mass is 266 g/mol. The van der Waals surface area contributed by atoms with Crippen molar-refractivity contribution in [2.24, 2.45) is 11.7 Å². The topological polar surface area (TPSA) is 92.1 Å². The molecule has 0 bridgehead atoms. The SMILES string of the molecule is NC(=S)C1CCN(C(=O)c2ccc(=O)[nH]n2)CC1. The van der Waals surface area contributed by atoms with E-state index in [0.29, 0.717) is 18.1 Å². The number of carbonyl (C=O) groups excluding carboxylic acids is 1. The number of amides is 1. The third kappa shape index (κ3) is 2.73. The second-order valence-corrected chi connectivity index (χ2v) is 4.75. The first-order valence-corrected chi connectivity index (χ1v) is 6.13. The summed E-state index contributed by atoms with van der Waals surface area (Å²) in [6, 6.07) is 2.73. The highest BCUT2D eigenvalue weighted by molar-refractivity contribution is 7.80. The molecule has 2 heterocycles. The summed E-state index contributed by atoms with van der Waals surface area (Å²) in [6.45, 7) is 1.23. The van der Waals surface area contributed by atoms with Gasteiger partial charge in [0.2, 0.25) is 0 Å². The molecule has 1 fully saturated rings. The fourth-order valence-corrected chi connectivity index (χ4v) is 2.23. The van der Waals surface area contributed by atoms with E-state index in [0.717, 1.165) is 12.8 Å². The van der Waals surface area contributed by atoms with Gasteiger partial charge in [0.05, 0.1) is 4.99 Å². The fraction of sp³-hybridized carbons (Fsp3) is 0.455. The van der Waals surface area contributed by atoms with Gasteiger partial charge < -0.3 is 10.6 Å². The molecule has 0 spiro atoms. The number of hydrogen-bond acceptors (Lipinski definition) is 4. The molecule has 0 unspecified atom stereocenters. The zero-order valence-electron chi connectivity index (χ0n) is 9.76. The van der Waals surface area contributed by atoms with Gasteiger partial charge in [-0.2, -0.15) is 5.10 Å². The molecule has 1 aromatic rings. The number of likely N-dealkylation sites (tertiary alicyclic amines) is 1. The third-order valence-corrected chi connectivity index (χ3v) is 3.42. The average Bonchev–Trinajstić information content (AvgIpc) is 2.39. The van der Waals surface area contributed by atoms with Crippen molar-refractivity contribution in [3.05, 3.63) is 28.2 Å². The summed E-state index contributed by atoms with van der Waals surface area (Å²) >= 11 is 4.95. The zero-order valence-corrected chi connectivity index (χ0v) is 10.6. The van der Waals surface area contributed by atoms with Crippen molar-refractivity contribution in [3.8, 4) is 0 Å². The number of thiocarbonyl (C=S) groups is 1. The average molecular weight is 266 g/mol. The number of nitrogens with one attached hydrogen (secondary N) is 1. The van der Waals surface area contributed by atoms with Crippen LogP contribution < -0.4 is 11.3 Å². The van der Waals surface area contributed by atoms with Gasteiger partial charge in [-0.05, 0) is 18.9 Å². The van der Waals surface area contributed by atoms with Gasteiger partial charge in [-0.1, -0.05) is 12.2 Å². The van der Waals surface area contributed by atoms with Crippen molar-refractivity contribution in [3.63, 3.8) is 0 Å². The van der Waals surface area contributed by atoms with E-state index in [9.17, 15) is 9.59 Å². The molecule has 3 N–H and O–H groups in total. The highest BCUT2D eigenvalue weighted by Gasteiger charge is 2.25. The van der Waals surface area contributed by atoms with Crippen LogP contribution in [0.25, 0.3) is 0 Å². The molecule has 0 aromatic carbocycles. The van der Waals surface area contributed by atoms with Crippen LogP contribution in [-0.2, 0) is 0 Å². The van der Waals surface area contributed by atoms with E-state index < -0.39 is 0 Å². The lowest BCUT2D eigenvalue weighted by Gasteiger charge is -2.31. The van der Waals surface area contributed by atoms with Crippen molar-refractivity contribution in [2.75, 3.05) is 13.1 Å². The first-order chi connectivity index (χ1) is 8.58. The summed E-state index contributed by atoms with van der Waals surface area (Å²) in [4.78, 5) is 25.2. The van der Waals surface area contributed by atoms with Gasteiger partial charge in [0.1, 0.15) is 5.69 Å². The molecular weight excluding hydrogens is 252 g/mol. The Hall–Kier alpha value is -1.76. The van der Waals surface area contributed by atoms with Crippen LogP contribution in [0.5, 0.6) is 0 Å². The molecule has 1 saturated heterocycles. The molecule has 1 aliphatic rings. The maximum atomic E-state index is 12.1. The molecule has 0 aliphatic carbocycles. The summed E-state index contributed by atoms with van der Waals surface area (Å²) in [5.41, 5.74) is 5.52. The summed E-state index contributed by atoms with van der Waals surface area (Å²) < 4.78 is 0. The Labute approximate surface area is 109 Å². The van der Waals surface area contributed by atoms with E-state index in [1.807, 2.05) is 0 Å². The van der Waals surface area contributed by atoms with Gasteiger partial charge in [0.25, 0.3) is 11.5 Å². The molecule has 7 heteroatoms. The lowest BCUT2D eigenvalue weighted by Crippen LogP contribution is -2.41. The predicted octanol–water partition coefficient (Wildman–Crippen LogP) is -0.0918. The minimum Gasteiger partial charge on any atom is -0.393 e. The standard InChI is InChI=1S/C11H14N4O2S/c12-10(18)7-3-5-15(6-4-7)11(17)8-1-2-9(16)14-13-8/h1-2,7H,3-6H2,(H2,12,18)(H,14,16). The number of aromatic amines is 1.